The molecule has 3 rings (SSSR count). The molecule has 0 aliphatic carbocycles. The molecule has 0 fully saturated rings. The fourth-order valence-corrected chi connectivity index (χ4v) is 2.91. The molecule has 1 atom stereocenters. The second-order valence-corrected chi connectivity index (χ2v) is 5.66. The van der Waals surface area contributed by atoms with Crippen molar-refractivity contribution in [3.63, 3.8) is 0 Å². The van der Waals surface area contributed by atoms with Crippen molar-refractivity contribution < 1.29 is 19.0 Å². The smallest absolute Gasteiger partial charge is 0.255 e. The third kappa shape index (κ3) is 3.36. The van der Waals surface area contributed by atoms with Gasteiger partial charge < -0.3 is 19.5 Å². The summed E-state index contributed by atoms with van der Waals surface area (Å²) in [6, 6.07) is 13.5. The zero-order valence-electron chi connectivity index (χ0n) is 13.9. The van der Waals surface area contributed by atoms with Crippen LogP contribution in [-0.2, 0) is 17.8 Å². The van der Waals surface area contributed by atoms with Gasteiger partial charge in [-0.25, -0.2) is 0 Å². The number of benzene rings is 2. The lowest BCUT2D eigenvalue weighted by atomic mass is 9.99. The van der Waals surface area contributed by atoms with E-state index >= 15 is 0 Å². The number of hydrogen-bond donors (Lipinski definition) is 1. The second-order valence-electron chi connectivity index (χ2n) is 5.66. The van der Waals surface area contributed by atoms with Gasteiger partial charge in [-0.1, -0.05) is 30.3 Å². The van der Waals surface area contributed by atoms with Gasteiger partial charge in [0.05, 0.1) is 32.5 Å². The van der Waals surface area contributed by atoms with E-state index in [2.05, 4.69) is 17.4 Å². The van der Waals surface area contributed by atoms with Gasteiger partial charge in [-0.2, -0.15) is 0 Å². The largest absolute Gasteiger partial charge is 0.493 e. The van der Waals surface area contributed by atoms with Gasteiger partial charge in [-0.15, -0.1) is 0 Å². The van der Waals surface area contributed by atoms with Crippen LogP contribution in [0.15, 0.2) is 42.5 Å². The molecule has 1 aliphatic heterocycles. The Morgan fingerprint density at radius 1 is 1.12 bits per heavy atom. The summed E-state index contributed by atoms with van der Waals surface area (Å²) < 4.78 is 16.4. The monoisotopic (exact) mass is 327 g/mol. The third-order valence-electron chi connectivity index (χ3n) is 4.18. The number of nitrogens with one attached hydrogen (secondary N) is 1. The molecule has 2 aromatic rings. The van der Waals surface area contributed by atoms with Crippen molar-refractivity contribution in [2.24, 2.45) is 0 Å². The number of methoxy groups -OCH3 is 2. The molecule has 0 radical (unpaired) electrons. The van der Waals surface area contributed by atoms with Gasteiger partial charge in [0.2, 0.25) is 0 Å². The molecule has 2 aromatic carbocycles. The van der Waals surface area contributed by atoms with E-state index in [0.717, 1.165) is 6.42 Å². The Kier molecular flexibility index (Phi) is 5.01. The van der Waals surface area contributed by atoms with Crippen LogP contribution in [0.2, 0.25) is 0 Å². The number of carbonyl (C=O) groups is 1. The number of rotatable bonds is 5. The first kappa shape index (κ1) is 16.3. The van der Waals surface area contributed by atoms with E-state index in [4.69, 9.17) is 14.2 Å². The maximum atomic E-state index is 12.5. The quantitative estimate of drug-likeness (QED) is 0.917. The number of hydrogen-bond acceptors (Lipinski definition) is 4. The lowest BCUT2D eigenvalue weighted by Gasteiger charge is -2.25. The number of amides is 1. The molecule has 126 valence electrons. The molecule has 0 spiro atoms. The maximum absolute atomic E-state index is 12.5. The van der Waals surface area contributed by atoms with E-state index in [0.29, 0.717) is 30.2 Å². The van der Waals surface area contributed by atoms with Gasteiger partial charge in [-0.3, -0.25) is 4.79 Å². The standard InChI is InChI=1S/C19H21NO4/c1-22-17-9-5-8-16(18(17)23-2)19(21)20-11-15-10-13-6-3-4-7-14(13)12-24-15/h3-9,15H,10-12H2,1-2H3,(H,20,21). The molecule has 0 saturated carbocycles. The van der Waals surface area contributed by atoms with Gasteiger partial charge >= 0.3 is 0 Å². The first-order valence-corrected chi connectivity index (χ1v) is 7.90. The summed E-state index contributed by atoms with van der Waals surface area (Å²) >= 11 is 0. The first-order valence-electron chi connectivity index (χ1n) is 7.90. The average Bonchev–Trinajstić information content (AvgIpc) is 2.65. The molecule has 1 aliphatic rings. The average molecular weight is 327 g/mol. The molecule has 0 aromatic heterocycles. The highest BCUT2D eigenvalue weighted by Gasteiger charge is 2.21. The van der Waals surface area contributed by atoms with Gasteiger partial charge in [0.15, 0.2) is 11.5 Å². The predicted octanol–water partition coefficient (Wildman–Crippen LogP) is 2.58. The normalized spacial score (nSPS) is 16.2. The maximum Gasteiger partial charge on any atom is 0.255 e. The third-order valence-corrected chi connectivity index (χ3v) is 4.18. The summed E-state index contributed by atoms with van der Waals surface area (Å²) in [5.74, 6) is 0.772. The van der Waals surface area contributed by atoms with Crippen molar-refractivity contribution in [1.29, 1.82) is 0 Å². The minimum atomic E-state index is -0.201. The zero-order valence-corrected chi connectivity index (χ0v) is 13.9. The zero-order chi connectivity index (χ0) is 16.9. The molecule has 24 heavy (non-hydrogen) atoms. The number of fused-ring (bicyclic) bond motifs is 1. The van der Waals surface area contributed by atoms with Crippen LogP contribution in [0.4, 0.5) is 0 Å². The number of para-hydroxylation sites is 1. The Labute approximate surface area is 141 Å². The van der Waals surface area contributed by atoms with Gasteiger partial charge in [0.25, 0.3) is 5.91 Å². The topological polar surface area (TPSA) is 56.8 Å². The fourth-order valence-electron chi connectivity index (χ4n) is 2.91. The van der Waals surface area contributed by atoms with E-state index in [9.17, 15) is 4.79 Å². The van der Waals surface area contributed by atoms with Gasteiger partial charge in [0.1, 0.15) is 0 Å². The van der Waals surface area contributed by atoms with E-state index in [-0.39, 0.29) is 12.0 Å². The van der Waals surface area contributed by atoms with Crippen LogP contribution < -0.4 is 14.8 Å². The second kappa shape index (κ2) is 7.36. The van der Waals surface area contributed by atoms with E-state index in [1.807, 2.05) is 12.1 Å². The van der Waals surface area contributed by atoms with Crippen molar-refractivity contribution in [3.05, 3.63) is 59.2 Å². The van der Waals surface area contributed by atoms with Crippen LogP contribution >= 0.6 is 0 Å². The molecule has 1 amide bonds. The van der Waals surface area contributed by atoms with Crippen molar-refractivity contribution >= 4 is 5.91 Å². The Morgan fingerprint density at radius 2 is 1.92 bits per heavy atom. The highest BCUT2D eigenvalue weighted by Crippen LogP contribution is 2.30. The molecule has 1 heterocycles. The fraction of sp³-hybridized carbons (Fsp3) is 0.316. The first-order chi connectivity index (χ1) is 11.7. The summed E-state index contributed by atoms with van der Waals surface area (Å²) in [7, 11) is 3.07. The molecule has 5 nitrogen and oxygen atoms in total. The van der Waals surface area contributed by atoms with Crippen molar-refractivity contribution in [3.8, 4) is 11.5 Å². The molecule has 0 bridgehead atoms. The van der Waals surface area contributed by atoms with Crippen LogP contribution in [0, 0.1) is 0 Å². The van der Waals surface area contributed by atoms with Crippen molar-refractivity contribution in [2.45, 2.75) is 19.1 Å². The summed E-state index contributed by atoms with van der Waals surface area (Å²) in [4.78, 5) is 12.5. The molecular formula is C19H21NO4. The summed E-state index contributed by atoms with van der Waals surface area (Å²) in [6.45, 7) is 1.03. The number of carbonyl (C=O) groups excluding carboxylic acids is 1. The van der Waals surface area contributed by atoms with Crippen molar-refractivity contribution in [1.82, 2.24) is 5.32 Å². The molecule has 5 heteroatoms. The van der Waals surface area contributed by atoms with Crippen LogP contribution in [0.3, 0.4) is 0 Å². The van der Waals surface area contributed by atoms with Gasteiger partial charge in [-0.05, 0) is 23.3 Å². The molecule has 0 saturated heterocycles. The minimum Gasteiger partial charge on any atom is -0.493 e. The summed E-state index contributed by atoms with van der Waals surface area (Å²) in [6.07, 6.45) is 0.770. The number of ether oxygens (including phenoxy) is 3. The Hall–Kier alpha value is -2.53. The molecule has 1 unspecified atom stereocenters. The summed E-state index contributed by atoms with van der Waals surface area (Å²) in [5, 5.41) is 2.93. The highest BCUT2D eigenvalue weighted by molar-refractivity contribution is 5.97. The Morgan fingerprint density at radius 3 is 2.67 bits per heavy atom. The highest BCUT2D eigenvalue weighted by atomic mass is 16.5. The van der Waals surface area contributed by atoms with Gasteiger partial charge in [0, 0.05) is 13.0 Å². The molecule has 1 N–H and O–H groups in total. The van der Waals surface area contributed by atoms with Crippen LogP contribution in [0.1, 0.15) is 21.5 Å². The van der Waals surface area contributed by atoms with Crippen LogP contribution in [0.25, 0.3) is 0 Å². The Bertz CT molecular complexity index is 729. The minimum absolute atomic E-state index is 0.0274. The lowest BCUT2D eigenvalue weighted by molar-refractivity contribution is 0.0284. The predicted molar refractivity (Wildman–Crippen MR) is 90.6 cm³/mol. The SMILES string of the molecule is COc1cccc(C(=O)NCC2Cc3ccccc3CO2)c1OC. The lowest BCUT2D eigenvalue weighted by Crippen LogP contribution is -2.36. The van der Waals surface area contributed by atoms with Crippen LogP contribution in [0.5, 0.6) is 11.5 Å². The Balaban J connectivity index is 1.65. The molecular weight excluding hydrogens is 306 g/mol. The van der Waals surface area contributed by atoms with E-state index in [1.165, 1.54) is 18.2 Å². The van der Waals surface area contributed by atoms with Crippen LogP contribution in [-0.4, -0.2) is 32.8 Å². The summed E-state index contributed by atoms with van der Waals surface area (Å²) in [5.41, 5.74) is 2.95. The van der Waals surface area contributed by atoms with E-state index < -0.39 is 0 Å². The van der Waals surface area contributed by atoms with Crippen molar-refractivity contribution in [2.75, 3.05) is 20.8 Å². The van der Waals surface area contributed by atoms with E-state index in [1.54, 1.807) is 25.3 Å².